The van der Waals surface area contributed by atoms with Crippen LogP contribution in [0.5, 0.6) is 0 Å². The van der Waals surface area contributed by atoms with Crippen molar-refractivity contribution in [2.45, 2.75) is 24.4 Å². The lowest BCUT2D eigenvalue weighted by Gasteiger charge is -2.38. The molecule has 3 aromatic rings. The van der Waals surface area contributed by atoms with Gasteiger partial charge in [-0.25, -0.2) is 10.9 Å². The van der Waals surface area contributed by atoms with Crippen LogP contribution in [0.4, 0.5) is 0 Å². The molecule has 9 heteroatoms. The highest BCUT2D eigenvalue weighted by Gasteiger charge is 2.40. The lowest BCUT2D eigenvalue weighted by atomic mass is 9.96. The zero-order chi connectivity index (χ0) is 19.8. The fraction of sp³-hybridized carbons (Fsp3) is 0.300. The SMILES string of the molecule is O=C(C1CC(c2ccccc2)NN1)N1CC(c2nc(-c3ccc[nH]c3=O)no2)C1. The number of hydrazine groups is 1. The van der Waals surface area contributed by atoms with E-state index in [2.05, 4.69) is 38.1 Å². The normalized spacial score (nSPS) is 21.9. The molecule has 2 aliphatic heterocycles. The average Bonchev–Trinajstić information content (AvgIpc) is 3.38. The maximum atomic E-state index is 12.8. The van der Waals surface area contributed by atoms with E-state index < -0.39 is 0 Å². The third kappa shape index (κ3) is 3.34. The lowest BCUT2D eigenvalue weighted by molar-refractivity contribution is -0.138. The third-order valence-electron chi connectivity index (χ3n) is 5.45. The molecule has 2 fully saturated rings. The van der Waals surface area contributed by atoms with Crippen LogP contribution in [0, 0.1) is 0 Å². The Kier molecular flexibility index (Phi) is 4.45. The topological polar surface area (TPSA) is 116 Å². The molecular formula is C20H20N6O3. The van der Waals surface area contributed by atoms with Crippen molar-refractivity contribution >= 4 is 5.91 Å². The minimum atomic E-state index is -0.266. The molecule has 2 unspecified atom stereocenters. The quantitative estimate of drug-likeness (QED) is 0.605. The van der Waals surface area contributed by atoms with E-state index in [-0.39, 0.29) is 35.3 Å². The van der Waals surface area contributed by atoms with Gasteiger partial charge < -0.3 is 14.4 Å². The largest absolute Gasteiger partial charge is 0.340 e. The summed E-state index contributed by atoms with van der Waals surface area (Å²) < 4.78 is 5.33. The predicted octanol–water partition coefficient (Wildman–Crippen LogP) is 0.958. The summed E-state index contributed by atoms with van der Waals surface area (Å²) in [6, 6.07) is 13.3. The number of rotatable bonds is 4. The zero-order valence-corrected chi connectivity index (χ0v) is 15.5. The van der Waals surface area contributed by atoms with Gasteiger partial charge in [0.1, 0.15) is 6.04 Å². The molecule has 29 heavy (non-hydrogen) atoms. The van der Waals surface area contributed by atoms with E-state index >= 15 is 0 Å². The number of likely N-dealkylation sites (tertiary alicyclic amines) is 1. The number of hydrogen-bond donors (Lipinski definition) is 3. The number of H-pyrrole nitrogens is 1. The Balaban J connectivity index is 1.19. The van der Waals surface area contributed by atoms with Gasteiger partial charge >= 0.3 is 0 Å². The van der Waals surface area contributed by atoms with Crippen molar-refractivity contribution in [1.82, 2.24) is 30.9 Å². The molecule has 3 N–H and O–H groups in total. The maximum absolute atomic E-state index is 12.8. The Labute approximate surface area is 166 Å². The summed E-state index contributed by atoms with van der Waals surface area (Å²) in [5.74, 6) is 0.764. The van der Waals surface area contributed by atoms with Crippen molar-refractivity contribution in [2.75, 3.05) is 13.1 Å². The fourth-order valence-electron chi connectivity index (χ4n) is 3.77. The third-order valence-corrected chi connectivity index (χ3v) is 5.45. The summed E-state index contributed by atoms with van der Waals surface area (Å²) in [7, 11) is 0. The van der Waals surface area contributed by atoms with Crippen molar-refractivity contribution in [3.8, 4) is 11.4 Å². The van der Waals surface area contributed by atoms with E-state index in [1.54, 1.807) is 23.2 Å². The summed E-state index contributed by atoms with van der Waals surface area (Å²) in [4.78, 5) is 33.3. The smallest absolute Gasteiger partial charge is 0.259 e. The van der Waals surface area contributed by atoms with E-state index in [9.17, 15) is 9.59 Å². The average molecular weight is 392 g/mol. The van der Waals surface area contributed by atoms with E-state index in [1.165, 1.54) is 0 Å². The molecule has 148 valence electrons. The molecule has 2 aliphatic rings. The molecule has 0 bridgehead atoms. The molecule has 1 aromatic carbocycles. The van der Waals surface area contributed by atoms with Crippen molar-refractivity contribution < 1.29 is 9.32 Å². The molecule has 0 radical (unpaired) electrons. The summed E-state index contributed by atoms with van der Waals surface area (Å²) >= 11 is 0. The molecule has 0 aliphatic carbocycles. The Hall–Kier alpha value is -3.30. The van der Waals surface area contributed by atoms with Crippen LogP contribution in [-0.4, -0.2) is 45.1 Å². The van der Waals surface area contributed by atoms with Gasteiger partial charge in [0.2, 0.25) is 17.6 Å². The van der Waals surface area contributed by atoms with Gasteiger partial charge in [0.05, 0.1) is 11.5 Å². The van der Waals surface area contributed by atoms with E-state index in [4.69, 9.17) is 4.52 Å². The van der Waals surface area contributed by atoms with Crippen molar-refractivity contribution in [3.05, 3.63) is 70.5 Å². The number of carbonyl (C=O) groups is 1. The van der Waals surface area contributed by atoms with Crippen LogP contribution >= 0.6 is 0 Å². The van der Waals surface area contributed by atoms with E-state index in [0.717, 1.165) is 5.56 Å². The highest BCUT2D eigenvalue weighted by molar-refractivity contribution is 5.83. The second kappa shape index (κ2) is 7.26. The zero-order valence-electron chi connectivity index (χ0n) is 15.5. The van der Waals surface area contributed by atoms with Crippen LogP contribution in [0.2, 0.25) is 0 Å². The fourth-order valence-corrected chi connectivity index (χ4v) is 3.77. The van der Waals surface area contributed by atoms with Crippen LogP contribution in [0.3, 0.4) is 0 Å². The maximum Gasteiger partial charge on any atom is 0.259 e. The van der Waals surface area contributed by atoms with Crippen LogP contribution < -0.4 is 16.4 Å². The monoisotopic (exact) mass is 392 g/mol. The number of nitrogens with one attached hydrogen (secondary N) is 3. The number of nitrogens with zero attached hydrogens (tertiary/aromatic N) is 3. The van der Waals surface area contributed by atoms with Gasteiger partial charge in [0, 0.05) is 25.3 Å². The first-order valence-electron chi connectivity index (χ1n) is 9.55. The van der Waals surface area contributed by atoms with Gasteiger partial charge in [0.15, 0.2) is 0 Å². The van der Waals surface area contributed by atoms with Crippen molar-refractivity contribution in [3.63, 3.8) is 0 Å². The summed E-state index contributed by atoms with van der Waals surface area (Å²) in [6.07, 6.45) is 2.25. The van der Waals surface area contributed by atoms with Crippen LogP contribution in [0.15, 0.2) is 58.0 Å². The first-order chi connectivity index (χ1) is 14.2. The van der Waals surface area contributed by atoms with Gasteiger partial charge in [-0.1, -0.05) is 35.5 Å². The van der Waals surface area contributed by atoms with E-state index in [1.807, 2.05) is 18.2 Å². The molecular weight excluding hydrogens is 372 g/mol. The number of amides is 1. The molecule has 9 nitrogen and oxygen atoms in total. The Morgan fingerprint density at radius 1 is 1.10 bits per heavy atom. The van der Waals surface area contributed by atoms with Crippen LogP contribution in [0.1, 0.15) is 29.8 Å². The van der Waals surface area contributed by atoms with Crippen molar-refractivity contribution in [1.29, 1.82) is 0 Å². The first-order valence-corrected chi connectivity index (χ1v) is 9.55. The highest BCUT2D eigenvalue weighted by atomic mass is 16.5. The van der Waals surface area contributed by atoms with Gasteiger partial charge in [0.25, 0.3) is 5.56 Å². The van der Waals surface area contributed by atoms with Gasteiger partial charge in [-0.05, 0) is 24.1 Å². The minimum absolute atomic E-state index is 0.0118. The lowest BCUT2D eigenvalue weighted by Crippen LogP contribution is -2.54. The summed E-state index contributed by atoms with van der Waals surface area (Å²) in [6.45, 7) is 1.06. The van der Waals surface area contributed by atoms with Crippen molar-refractivity contribution in [2.24, 2.45) is 0 Å². The number of aromatic nitrogens is 3. The minimum Gasteiger partial charge on any atom is -0.340 e. The number of benzene rings is 1. The number of aromatic amines is 1. The molecule has 1 amide bonds. The summed E-state index contributed by atoms with van der Waals surface area (Å²) in [5, 5.41) is 3.91. The molecule has 2 aromatic heterocycles. The van der Waals surface area contributed by atoms with Gasteiger partial charge in [-0.3, -0.25) is 9.59 Å². The molecule has 4 heterocycles. The Morgan fingerprint density at radius 3 is 2.72 bits per heavy atom. The second-order valence-corrected chi connectivity index (χ2v) is 7.35. The number of hydrogen-bond acceptors (Lipinski definition) is 7. The highest BCUT2D eigenvalue weighted by Crippen LogP contribution is 2.29. The molecule has 2 saturated heterocycles. The number of pyridine rings is 1. The Morgan fingerprint density at radius 2 is 1.93 bits per heavy atom. The van der Waals surface area contributed by atoms with E-state index in [0.29, 0.717) is 31.0 Å². The molecule has 2 atom stereocenters. The standard InChI is InChI=1S/C20H20N6O3/c27-18-14(7-4-8-21-18)17-22-19(29-25-17)13-10-26(11-13)20(28)16-9-15(23-24-16)12-5-2-1-3-6-12/h1-8,13,15-16,23-24H,9-11H2,(H,21,27). The second-order valence-electron chi connectivity index (χ2n) is 7.35. The molecule has 0 spiro atoms. The first kappa shape index (κ1) is 17.8. The number of carbonyl (C=O) groups excluding carboxylic acids is 1. The summed E-state index contributed by atoms with van der Waals surface area (Å²) in [5.41, 5.74) is 7.57. The molecule has 5 rings (SSSR count). The predicted molar refractivity (Wildman–Crippen MR) is 104 cm³/mol. The van der Waals surface area contributed by atoms with Gasteiger partial charge in [-0.2, -0.15) is 4.98 Å². The van der Waals surface area contributed by atoms with Crippen LogP contribution in [0.25, 0.3) is 11.4 Å². The molecule has 0 saturated carbocycles. The van der Waals surface area contributed by atoms with Gasteiger partial charge in [-0.15, -0.1) is 0 Å². The Bertz CT molecular complexity index is 1070. The van der Waals surface area contributed by atoms with Crippen LogP contribution in [-0.2, 0) is 4.79 Å².